The van der Waals surface area contributed by atoms with Crippen molar-refractivity contribution >= 4 is 37.8 Å². The first-order valence-corrected chi connectivity index (χ1v) is 9.69. The van der Waals surface area contributed by atoms with Crippen LogP contribution in [-0.4, -0.2) is 25.1 Å². The Balaban J connectivity index is 0.00000151. The van der Waals surface area contributed by atoms with Crippen molar-refractivity contribution in [2.75, 3.05) is 10.8 Å². The number of rotatable bonds is 2. The first-order chi connectivity index (χ1) is 11.5. The maximum atomic E-state index is 12.9. The van der Waals surface area contributed by atoms with Gasteiger partial charge in [0.2, 0.25) is 0 Å². The number of nitrogens with zero attached hydrogens (tertiary/aromatic N) is 2. The SMILES string of the molecule is C#CCN1c2ncsc2C(O)=C(c2ccccc2C)S1(=O)=O.CC.[CH3-].[Y]. The maximum Gasteiger partial charge on any atom is 0.270 e. The second kappa shape index (κ2) is 10.2. The van der Waals surface area contributed by atoms with Gasteiger partial charge in [0.05, 0.1) is 12.1 Å². The molecule has 0 saturated carbocycles. The summed E-state index contributed by atoms with van der Waals surface area (Å²) in [6.07, 6.45) is 5.30. The van der Waals surface area contributed by atoms with Gasteiger partial charge in [0.25, 0.3) is 10.0 Å². The number of thiazole rings is 1. The van der Waals surface area contributed by atoms with Crippen LogP contribution < -0.4 is 4.31 Å². The fraction of sp³-hybridized carbons (Fsp3) is 0.222. The van der Waals surface area contributed by atoms with Crippen LogP contribution in [0.25, 0.3) is 10.7 Å². The van der Waals surface area contributed by atoms with Crippen molar-refractivity contribution in [2.45, 2.75) is 20.8 Å². The van der Waals surface area contributed by atoms with Crippen molar-refractivity contribution in [1.29, 1.82) is 0 Å². The van der Waals surface area contributed by atoms with Crippen LogP contribution in [0.5, 0.6) is 0 Å². The van der Waals surface area contributed by atoms with Gasteiger partial charge in [-0.15, -0.1) is 17.8 Å². The third-order valence-corrected chi connectivity index (χ3v) is 6.02. The van der Waals surface area contributed by atoms with Gasteiger partial charge in [0.1, 0.15) is 9.78 Å². The predicted molar refractivity (Wildman–Crippen MR) is 106 cm³/mol. The van der Waals surface area contributed by atoms with Crippen LogP contribution in [-0.2, 0) is 42.7 Å². The molecule has 1 aliphatic rings. The third kappa shape index (κ3) is 4.20. The number of aromatic nitrogens is 1. The van der Waals surface area contributed by atoms with Crippen LogP contribution >= 0.6 is 11.3 Å². The molecule has 1 aromatic heterocycles. The normalized spacial score (nSPS) is 14.0. The summed E-state index contributed by atoms with van der Waals surface area (Å²) in [5, 5.41) is 10.5. The molecule has 26 heavy (non-hydrogen) atoms. The number of anilines is 1. The molecule has 1 N–H and O–H groups in total. The molecule has 0 amide bonds. The van der Waals surface area contributed by atoms with Gasteiger partial charge in [-0.05, 0) is 12.5 Å². The summed E-state index contributed by atoms with van der Waals surface area (Å²) in [7, 11) is -3.97. The molecule has 1 aromatic carbocycles. The zero-order valence-electron chi connectivity index (χ0n) is 15.2. The van der Waals surface area contributed by atoms with Crippen molar-refractivity contribution in [2.24, 2.45) is 0 Å². The van der Waals surface area contributed by atoms with Crippen LogP contribution in [0.2, 0.25) is 0 Å². The summed E-state index contributed by atoms with van der Waals surface area (Å²) in [4.78, 5) is 4.31. The van der Waals surface area contributed by atoms with E-state index in [1.165, 1.54) is 16.8 Å². The van der Waals surface area contributed by atoms with Crippen molar-refractivity contribution in [3.8, 4) is 12.3 Å². The number of aryl methyl sites for hydroxylation is 1. The Morgan fingerprint density at radius 3 is 2.50 bits per heavy atom. The van der Waals surface area contributed by atoms with E-state index in [-0.39, 0.29) is 63.2 Å². The van der Waals surface area contributed by atoms with Gasteiger partial charge in [-0.25, -0.2) is 17.7 Å². The Bertz CT molecular complexity index is 928. The fourth-order valence-electron chi connectivity index (χ4n) is 2.37. The van der Waals surface area contributed by atoms with E-state index in [1.54, 1.807) is 25.1 Å². The van der Waals surface area contributed by atoms with Crippen molar-refractivity contribution in [1.82, 2.24) is 4.98 Å². The average Bonchev–Trinajstić information content (AvgIpc) is 3.04. The molecule has 1 radical (unpaired) electrons. The van der Waals surface area contributed by atoms with E-state index in [4.69, 9.17) is 6.42 Å². The summed E-state index contributed by atoms with van der Waals surface area (Å²) in [6, 6.07) is 6.99. The molecule has 5 nitrogen and oxygen atoms in total. The molecule has 0 atom stereocenters. The summed E-state index contributed by atoms with van der Waals surface area (Å²) in [5.41, 5.74) is 2.70. The van der Waals surface area contributed by atoms with E-state index in [9.17, 15) is 13.5 Å². The molecule has 2 heterocycles. The van der Waals surface area contributed by atoms with Gasteiger partial charge >= 0.3 is 0 Å². The molecule has 0 saturated heterocycles. The van der Waals surface area contributed by atoms with Gasteiger partial charge in [0, 0.05) is 38.3 Å². The standard InChI is InChI=1S/C15H12N2O3S2.C2H6.CH3.Y/c1-3-8-17-15-13(21-9-16-15)12(18)14(22(17,19)20)11-7-5-4-6-10(11)2;1-2;;/h1,4-7,9,18H,8H2,2H3;1-2H3;1H3;/q;;-1;. The van der Waals surface area contributed by atoms with Gasteiger partial charge in [-0.3, -0.25) is 0 Å². The molecule has 0 aliphatic carbocycles. The van der Waals surface area contributed by atoms with E-state index in [0.29, 0.717) is 10.4 Å². The van der Waals surface area contributed by atoms with E-state index >= 15 is 0 Å². The first-order valence-electron chi connectivity index (χ1n) is 7.37. The van der Waals surface area contributed by atoms with Crippen molar-refractivity contribution in [3.63, 3.8) is 0 Å². The minimum Gasteiger partial charge on any atom is -0.505 e. The van der Waals surface area contributed by atoms with Crippen LogP contribution in [0.3, 0.4) is 0 Å². The summed E-state index contributed by atoms with van der Waals surface area (Å²) in [6.45, 7) is 5.65. The quantitative estimate of drug-likeness (QED) is 0.535. The Kier molecular flexibility index (Phi) is 9.75. The first kappa shape index (κ1) is 24.8. The Morgan fingerprint density at radius 1 is 1.31 bits per heavy atom. The number of aliphatic hydroxyl groups is 1. The minimum absolute atomic E-state index is 0. The topological polar surface area (TPSA) is 70.5 Å². The number of fused-ring (bicyclic) bond motifs is 1. The Morgan fingerprint density at radius 2 is 1.92 bits per heavy atom. The van der Waals surface area contributed by atoms with Gasteiger partial charge in [-0.2, -0.15) is 0 Å². The fourth-order valence-corrected chi connectivity index (χ4v) is 4.91. The summed E-state index contributed by atoms with van der Waals surface area (Å²) in [5.74, 6) is 2.23. The second-order valence-electron chi connectivity index (χ2n) is 4.71. The minimum atomic E-state index is -3.97. The van der Waals surface area contributed by atoms with Crippen LogP contribution in [0.4, 0.5) is 5.82 Å². The van der Waals surface area contributed by atoms with E-state index in [1.807, 2.05) is 19.9 Å². The molecular formula is C18H21N2O3S2Y-. The second-order valence-corrected chi connectivity index (χ2v) is 7.37. The number of terminal acetylenes is 1. The molecule has 2 aromatic rings. The third-order valence-electron chi connectivity index (χ3n) is 3.39. The average molecular weight is 466 g/mol. The maximum absolute atomic E-state index is 12.9. The van der Waals surface area contributed by atoms with Crippen molar-refractivity contribution in [3.05, 3.63) is 53.2 Å². The number of aliphatic hydroxyl groups excluding tert-OH is 1. The molecule has 137 valence electrons. The van der Waals surface area contributed by atoms with Crippen LogP contribution in [0, 0.1) is 26.7 Å². The molecule has 3 rings (SSSR count). The smallest absolute Gasteiger partial charge is 0.270 e. The zero-order chi connectivity index (χ0) is 17.9. The van der Waals surface area contributed by atoms with Gasteiger partial charge in [-0.1, -0.05) is 44.0 Å². The van der Waals surface area contributed by atoms with Crippen LogP contribution in [0.15, 0.2) is 29.8 Å². The van der Waals surface area contributed by atoms with Gasteiger partial charge in [0.15, 0.2) is 11.6 Å². The summed E-state index contributed by atoms with van der Waals surface area (Å²) < 4.78 is 26.9. The van der Waals surface area contributed by atoms with Crippen molar-refractivity contribution < 1.29 is 46.2 Å². The monoisotopic (exact) mass is 466 g/mol. The molecule has 0 unspecified atom stereocenters. The molecule has 0 spiro atoms. The molecule has 0 bridgehead atoms. The predicted octanol–water partition coefficient (Wildman–Crippen LogP) is 4.09. The summed E-state index contributed by atoms with van der Waals surface area (Å²) >= 11 is 1.17. The van der Waals surface area contributed by atoms with E-state index in [2.05, 4.69) is 10.9 Å². The Hall–Kier alpha value is -1.20. The number of hydrogen-bond acceptors (Lipinski definition) is 5. The Labute approximate surface area is 185 Å². The number of sulfonamides is 1. The number of hydrogen-bond donors (Lipinski definition) is 1. The number of benzene rings is 1. The molecule has 1 aliphatic heterocycles. The molecular weight excluding hydrogens is 445 g/mol. The largest absolute Gasteiger partial charge is 0.505 e. The van der Waals surface area contributed by atoms with Crippen LogP contribution in [0.1, 0.15) is 29.9 Å². The zero-order valence-corrected chi connectivity index (χ0v) is 19.7. The molecule has 8 heteroatoms. The molecule has 0 fully saturated rings. The van der Waals surface area contributed by atoms with Gasteiger partial charge < -0.3 is 12.5 Å². The van der Waals surface area contributed by atoms with E-state index in [0.717, 1.165) is 9.87 Å². The van der Waals surface area contributed by atoms with E-state index < -0.39 is 10.0 Å².